The fourth-order valence-corrected chi connectivity index (χ4v) is 15.5. The number of carbonyl (C=O) groups excluding carboxylic acids is 8. The molecule has 37 nitrogen and oxygen atoms in total. The van der Waals surface area contributed by atoms with Crippen LogP contribution in [0.4, 0.5) is 0 Å². The number of nitrogens with one attached hydrogen (secondary N) is 7. The highest BCUT2D eigenvalue weighted by Crippen LogP contribution is 2.44. The molecular weight excluding hydrogens is 1570 g/mol. The molecule has 18 N–H and O–H groups in total. The lowest BCUT2D eigenvalue weighted by atomic mass is 9.71. The van der Waals surface area contributed by atoms with Gasteiger partial charge in [-0.15, -0.1) is 0 Å². The first kappa shape index (κ1) is 104. The molecule has 0 aromatic carbocycles. The highest BCUT2D eigenvalue weighted by Gasteiger charge is 2.48. The molecule has 4 aliphatic rings. The predicted molar refractivity (Wildman–Crippen MR) is 422 cm³/mol. The Hall–Kier alpha value is -4.27. The van der Waals surface area contributed by atoms with E-state index in [0.29, 0.717) is 129 Å². The minimum atomic E-state index is -3.34. The Labute approximate surface area is 687 Å². The number of hydrogen-bond donors (Lipinski definition) is 18. The molecule has 3 saturated heterocycles. The third-order valence-corrected chi connectivity index (χ3v) is 22.3. The highest BCUT2D eigenvalue weighted by atomic mass is 32.5. The molecule has 4 rings (SSSR count). The number of aliphatic hydroxyl groups excluding tert-OH is 10. The van der Waals surface area contributed by atoms with E-state index in [4.69, 9.17) is 68.6 Å². The fraction of sp³-hybridized carbons (Fsp3) is 0.896. The van der Waals surface area contributed by atoms with Crippen LogP contribution in [0.5, 0.6) is 0 Å². The molecule has 39 heteroatoms. The highest BCUT2D eigenvalue weighted by molar-refractivity contribution is 8.07. The quantitative estimate of drug-likeness (QED) is 0.0275. The van der Waals surface area contributed by atoms with Crippen LogP contribution < -0.4 is 37.2 Å². The van der Waals surface area contributed by atoms with Gasteiger partial charge in [0, 0.05) is 123 Å². The molecule has 3 heterocycles. The number of Topliss-reactive ketones (excluding diaryl/α,β-unsaturated/α-hetero) is 1. The van der Waals surface area contributed by atoms with Crippen molar-refractivity contribution in [3.63, 3.8) is 0 Å². The number of rotatable bonds is 65. The van der Waals surface area contributed by atoms with Crippen molar-refractivity contribution in [3.8, 4) is 0 Å². The molecule has 116 heavy (non-hydrogen) atoms. The number of carbonyl (C=O) groups is 8. The Morgan fingerprint density at radius 3 is 1.02 bits per heavy atom. The molecule has 1 aliphatic carbocycles. The molecular formula is C77H140N7O30PS. The van der Waals surface area contributed by atoms with Crippen LogP contribution in [0, 0.1) is 17.8 Å². The first-order valence-electron chi connectivity index (χ1n) is 41.9. The Balaban J connectivity index is 1.33. The number of amides is 7. The Kier molecular flexibility index (Phi) is 54.8. The summed E-state index contributed by atoms with van der Waals surface area (Å²) in [6.07, 6.45) is 0.482. The van der Waals surface area contributed by atoms with Crippen LogP contribution in [0.3, 0.4) is 0 Å². The van der Waals surface area contributed by atoms with Gasteiger partial charge in [0.05, 0.1) is 72.2 Å². The maximum atomic E-state index is 14.3. The molecule has 7 amide bonds. The minimum absolute atomic E-state index is 0.00758. The van der Waals surface area contributed by atoms with Gasteiger partial charge < -0.3 is 145 Å². The lowest BCUT2D eigenvalue weighted by molar-refractivity contribution is -0.270. The van der Waals surface area contributed by atoms with Gasteiger partial charge in [-0.1, -0.05) is 70.6 Å². The number of hydrogen-bond acceptors (Lipinski definition) is 30. The fourth-order valence-electron chi connectivity index (χ4n) is 14.2. The molecule has 0 aromatic rings. The summed E-state index contributed by atoms with van der Waals surface area (Å²) in [6.45, 7) is 1.77. The summed E-state index contributed by atoms with van der Waals surface area (Å²) in [7, 11) is 0. The van der Waals surface area contributed by atoms with Gasteiger partial charge in [-0.25, -0.2) is 0 Å². The maximum Gasteiger partial charge on any atom is 0.324 e. The normalized spacial score (nSPS) is 27.3. The molecule has 0 aromatic heterocycles. The van der Waals surface area contributed by atoms with Gasteiger partial charge in [-0.05, 0) is 95.3 Å². The summed E-state index contributed by atoms with van der Waals surface area (Å²) >= 11 is 5.14. The average molecular weight is 1710 g/mol. The second kappa shape index (κ2) is 61.1. The van der Waals surface area contributed by atoms with E-state index in [1.54, 1.807) is 0 Å². The number of aliphatic hydroxyl groups is 10. The van der Waals surface area contributed by atoms with Gasteiger partial charge >= 0.3 is 6.72 Å². The van der Waals surface area contributed by atoms with Crippen molar-refractivity contribution in [3.05, 3.63) is 0 Å². The smallest absolute Gasteiger partial charge is 0.324 e. The Morgan fingerprint density at radius 2 is 0.681 bits per heavy atom. The van der Waals surface area contributed by atoms with Crippen LogP contribution in [-0.2, 0) is 102 Å². The first-order chi connectivity index (χ1) is 55.7. The van der Waals surface area contributed by atoms with Gasteiger partial charge in [-0.3, -0.25) is 38.4 Å². The standard InChI is InChI=1S/C77H140N7O30PS/c1-51(89)82-65-71(100)68(97)58(46-86)112-75(65)107-36-20-11-5-15-32-79-62(94)28-41-104-49-55-44-54(57(92)26-25-27-61(93)78-31-18-8-14-24-40-111-115(103,116)110-39-23-10-4-9-19-35-85)45-56(50-105-42-29-63(95)80-33-16-6-12-21-37-108-76-66(83-52(2)90)72(101)69(98)59(47-87)113-76)74(55)106-43-30-64(96)81-34-17-7-13-22-38-109-77-67(84-53(3)91)73(102)70(99)60(48-88)114-77/h54-56,58-60,65-77,85-88,97-102H,4-50H2,1-3H3,(H,78,93)(H,79,94)(H,80,95)(H,81,96)(H,82,89)(H,83,90)(H,84,91)(H,103,116). The molecule has 0 spiro atoms. The van der Waals surface area contributed by atoms with E-state index in [-0.39, 0.29) is 128 Å². The summed E-state index contributed by atoms with van der Waals surface area (Å²) < 4.78 is 64.4. The van der Waals surface area contributed by atoms with Crippen LogP contribution in [-0.4, -0.2) is 320 Å². The van der Waals surface area contributed by atoms with Gasteiger partial charge in [0.1, 0.15) is 78.8 Å². The van der Waals surface area contributed by atoms with Crippen LogP contribution in [0.25, 0.3) is 0 Å². The lowest BCUT2D eigenvalue weighted by Gasteiger charge is -2.42. The zero-order valence-corrected chi connectivity index (χ0v) is 69.9. The molecule has 18 atom stereocenters. The first-order valence-corrected chi connectivity index (χ1v) is 44.5. The van der Waals surface area contributed by atoms with E-state index in [1.165, 1.54) is 20.8 Å². The predicted octanol–water partition coefficient (Wildman–Crippen LogP) is -0.263. The van der Waals surface area contributed by atoms with Crippen molar-refractivity contribution in [2.24, 2.45) is 17.8 Å². The second-order valence-corrected chi connectivity index (χ2v) is 33.2. The molecule has 1 saturated carbocycles. The molecule has 4 fully saturated rings. The summed E-state index contributed by atoms with van der Waals surface area (Å²) in [5, 5.41) is 120. The molecule has 3 aliphatic heterocycles. The Bertz CT molecular complexity index is 2710. The van der Waals surface area contributed by atoms with Gasteiger partial charge in [-0.2, -0.15) is 0 Å². The molecule has 0 bridgehead atoms. The van der Waals surface area contributed by atoms with E-state index in [0.717, 1.165) is 57.8 Å². The Morgan fingerprint density at radius 1 is 0.371 bits per heavy atom. The van der Waals surface area contributed by atoms with Crippen molar-refractivity contribution in [2.75, 3.05) is 119 Å². The maximum absolute atomic E-state index is 14.3. The zero-order chi connectivity index (χ0) is 85.1. The monoisotopic (exact) mass is 1710 g/mol. The third-order valence-electron chi connectivity index (χ3n) is 20.6. The van der Waals surface area contributed by atoms with E-state index < -0.39 is 160 Å². The third kappa shape index (κ3) is 42.5. The van der Waals surface area contributed by atoms with Crippen LogP contribution >= 0.6 is 6.72 Å². The van der Waals surface area contributed by atoms with E-state index in [1.807, 2.05) is 0 Å². The van der Waals surface area contributed by atoms with Gasteiger partial charge in [0.2, 0.25) is 41.4 Å². The number of ketones is 1. The van der Waals surface area contributed by atoms with Gasteiger partial charge in [0.15, 0.2) is 18.9 Å². The number of ether oxygens (including phenoxy) is 9. The largest absolute Gasteiger partial charge is 0.396 e. The van der Waals surface area contributed by atoms with Crippen LogP contribution in [0.1, 0.15) is 207 Å². The average Bonchev–Trinajstić information content (AvgIpc) is 0.830. The summed E-state index contributed by atoms with van der Waals surface area (Å²) in [5.41, 5.74) is 0. The van der Waals surface area contributed by atoms with Crippen molar-refractivity contribution < 1.29 is 146 Å². The van der Waals surface area contributed by atoms with Crippen LogP contribution in [0.15, 0.2) is 0 Å². The topological polar surface area (TPSA) is 545 Å². The molecule has 0 radical (unpaired) electrons. The van der Waals surface area contributed by atoms with Crippen molar-refractivity contribution >= 4 is 65.7 Å². The summed E-state index contributed by atoms with van der Waals surface area (Å²) in [6, 6.07) is -3.16. The van der Waals surface area contributed by atoms with E-state index in [2.05, 4.69) is 37.2 Å². The van der Waals surface area contributed by atoms with Crippen LogP contribution in [0.2, 0.25) is 0 Å². The summed E-state index contributed by atoms with van der Waals surface area (Å²) in [4.78, 5) is 113. The van der Waals surface area contributed by atoms with Crippen molar-refractivity contribution in [2.45, 2.75) is 305 Å². The van der Waals surface area contributed by atoms with Gasteiger partial charge in [0.25, 0.3) is 0 Å². The SMILES string of the molecule is CC(=O)NC1C(OCCCCCCNC(=O)CCOCC2CC(C(=O)CCCC(=O)NCCCCCCOP(O)(=S)OCCCCCCCO)CC(COCCC(=O)NCCCCCCOC3OC(CO)C(O)C(O)C3NC(C)=O)C2OCCC(=O)NCCCCCCOC2OC(CO)C(O)C(O)C2NC(C)=O)OC(CO)C(O)C1O. The summed E-state index contributed by atoms with van der Waals surface area (Å²) in [5.74, 6) is -3.78. The van der Waals surface area contributed by atoms with E-state index >= 15 is 0 Å². The molecule has 674 valence electrons. The molecule has 18 unspecified atom stereocenters. The van der Waals surface area contributed by atoms with Crippen molar-refractivity contribution in [1.29, 1.82) is 0 Å². The second-order valence-electron chi connectivity index (χ2n) is 30.3. The lowest BCUT2D eigenvalue weighted by Crippen LogP contribution is -2.64. The van der Waals surface area contributed by atoms with E-state index in [9.17, 15) is 89.2 Å². The zero-order valence-electron chi connectivity index (χ0n) is 68.2. The minimum Gasteiger partial charge on any atom is -0.396 e. The number of unbranched alkanes of at least 4 members (excludes halogenated alkanes) is 16. The van der Waals surface area contributed by atoms with Crippen molar-refractivity contribution in [1.82, 2.24) is 37.2 Å².